The molecule has 0 amide bonds. The number of nitrogens with zero attached hydrogens (tertiary/aromatic N) is 1. The predicted molar refractivity (Wildman–Crippen MR) is 418 cm³/mol. The quantitative estimate of drug-likeness (QED) is 0.0211. The number of ether oxygens (including phenoxy) is 2. The number of esters is 2. The summed E-state index contributed by atoms with van der Waals surface area (Å²) in [4.78, 5) is 36.0. The Morgan fingerprint density at radius 1 is 0.333 bits per heavy atom. The first kappa shape index (κ1) is 93.7. The topological polar surface area (TPSA) is 108 Å². The first-order chi connectivity index (χ1) is 47.0. The van der Waals surface area contributed by atoms with E-state index in [1.807, 2.05) is 21.1 Å². The molecule has 2 unspecified atom stereocenters. The SMILES string of the molecule is CC/C=C\C/C=C\C/C=C\C/C=C\CCCCCCCCCCCCCCCCCCCCCCCCCCC(=O)OC(COC(=O)CCCCCCCCCCCCCCCCCCCCCCCCC/C=C\CCCCCCCCCC)COP(=O)(O)OCC[N+](C)(C)C. The van der Waals surface area contributed by atoms with E-state index in [4.69, 9.17) is 18.5 Å². The van der Waals surface area contributed by atoms with Crippen molar-refractivity contribution in [1.82, 2.24) is 0 Å². The Hall–Kier alpha value is -2.29. The number of unbranched alkanes of at least 4 members (excludes halogenated alkanes) is 55. The molecule has 0 aliphatic carbocycles. The lowest BCUT2D eigenvalue weighted by Crippen LogP contribution is -2.37. The normalized spacial score (nSPS) is 13.3. The Labute approximate surface area is 597 Å². The van der Waals surface area contributed by atoms with E-state index in [1.54, 1.807) is 0 Å². The highest BCUT2D eigenvalue weighted by atomic mass is 31.2. The summed E-state index contributed by atoms with van der Waals surface area (Å²) in [6.07, 6.45) is 104. The minimum absolute atomic E-state index is 0.0346. The molecule has 564 valence electrons. The predicted octanol–water partition coefficient (Wildman–Crippen LogP) is 28.1. The van der Waals surface area contributed by atoms with Gasteiger partial charge >= 0.3 is 19.8 Å². The van der Waals surface area contributed by atoms with Gasteiger partial charge in [0.15, 0.2) is 6.10 Å². The van der Waals surface area contributed by atoms with Crippen LogP contribution in [0.2, 0.25) is 0 Å². The van der Waals surface area contributed by atoms with Gasteiger partial charge in [-0.2, -0.15) is 0 Å². The number of allylic oxidation sites excluding steroid dienone is 10. The van der Waals surface area contributed by atoms with Gasteiger partial charge < -0.3 is 18.9 Å². The fourth-order valence-electron chi connectivity index (χ4n) is 12.7. The molecule has 0 aromatic carbocycles. The van der Waals surface area contributed by atoms with Gasteiger partial charge in [0.05, 0.1) is 27.7 Å². The molecule has 9 nitrogen and oxygen atoms in total. The van der Waals surface area contributed by atoms with Gasteiger partial charge in [-0.05, 0) is 77.0 Å². The van der Waals surface area contributed by atoms with Gasteiger partial charge in [-0.25, -0.2) is 4.57 Å². The van der Waals surface area contributed by atoms with Crippen molar-refractivity contribution < 1.29 is 42.1 Å². The van der Waals surface area contributed by atoms with Crippen LogP contribution >= 0.6 is 7.82 Å². The second-order valence-corrected chi connectivity index (χ2v) is 31.3. The molecule has 0 aromatic heterocycles. The van der Waals surface area contributed by atoms with E-state index in [1.165, 1.54) is 334 Å². The number of carbonyl (C=O) groups excluding carboxylic acids is 2. The number of hydrogen-bond acceptors (Lipinski definition) is 7. The van der Waals surface area contributed by atoms with Crippen molar-refractivity contribution >= 4 is 19.8 Å². The molecular weight excluding hydrogens is 1210 g/mol. The van der Waals surface area contributed by atoms with Gasteiger partial charge in [-0.3, -0.25) is 18.6 Å². The van der Waals surface area contributed by atoms with Crippen LogP contribution in [0.4, 0.5) is 0 Å². The number of likely N-dealkylation sites (N-methyl/N-ethyl adjacent to an activating group) is 1. The van der Waals surface area contributed by atoms with Crippen molar-refractivity contribution in [1.29, 1.82) is 0 Å². The van der Waals surface area contributed by atoms with Crippen LogP contribution in [0.25, 0.3) is 0 Å². The van der Waals surface area contributed by atoms with E-state index in [9.17, 15) is 19.0 Å². The van der Waals surface area contributed by atoms with Crippen LogP contribution < -0.4 is 0 Å². The van der Waals surface area contributed by atoms with Crippen LogP contribution in [0.5, 0.6) is 0 Å². The lowest BCUT2D eigenvalue weighted by atomic mass is 10.0. The summed E-state index contributed by atoms with van der Waals surface area (Å²) < 4.78 is 34.9. The van der Waals surface area contributed by atoms with Crippen molar-refractivity contribution in [2.45, 2.75) is 431 Å². The maximum absolute atomic E-state index is 12.9. The highest BCUT2D eigenvalue weighted by Crippen LogP contribution is 2.43. The van der Waals surface area contributed by atoms with Crippen LogP contribution in [-0.2, 0) is 32.7 Å². The Morgan fingerprint density at radius 3 is 0.896 bits per heavy atom. The van der Waals surface area contributed by atoms with Crippen LogP contribution in [0.1, 0.15) is 425 Å². The van der Waals surface area contributed by atoms with E-state index in [0.717, 1.165) is 57.8 Å². The zero-order chi connectivity index (χ0) is 69.7. The molecule has 2 atom stereocenters. The van der Waals surface area contributed by atoms with Gasteiger partial charge in [0.1, 0.15) is 19.8 Å². The van der Waals surface area contributed by atoms with Crippen LogP contribution in [0.15, 0.2) is 60.8 Å². The summed E-state index contributed by atoms with van der Waals surface area (Å²) in [6, 6.07) is 0. The number of carbonyl (C=O) groups is 2. The molecule has 0 fully saturated rings. The third-order valence-corrected chi connectivity index (χ3v) is 20.0. The maximum atomic E-state index is 12.9. The summed E-state index contributed by atoms with van der Waals surface area (Å²) in [5.41, 5.74) is 0. The van der Waals surface area contributed by atoms with Crippen LogP contribution in [-0.4, -0.2) is 74.9 Å². The molecule has 0 saturated heterocycles. The summed E-state index contributed by atoms with van der Waals surface area (Å²) in [7, 11) is 1.50. The molecule has 0 bridgehead atoms. The van der Waals surface area contributed by atoms with Gasteiger partial charge in [-0.1, -0.05) is 396 Å². The number of hydrogen-bond donors (Lipinski definition) is 1. The van der Waals surface area contributed by atoms with E-state index in [2.05, 4.69) is 74.6 Å². The van der Waals surface area contributed by atoms with E-state index in [0.29, 0.717) is 23.9 Å². The average Bonchev–Trinajstić information content (AvgIpc) is 2.72. The number of phosphoric ester groups is 1. The number of rotatable bonds is 79. The van der Waals surface area contributed by atoms with E-state index >= 15 is 0 Å². The lowest BCUT2D eigenvalue weighted by Gasteiger charge is -2.24. The summed E-state index contributed by atoms with van der Waals surface area (Å²) in [5.74, 6) is -0.771. The minimum atomic E-state index is -4.39. The van der Waals surface area contributed by atoms with Crippen molar-refractivity contribution in [3.05, 3.63) is 60.8 Å². The molecule has 0 aliphatic heterocycles. The second-order valence-electron chi connectivity index (χ2n) is 29.8. The van der Waals surface area contributed by atoms with Crippen molar-refractivity contribution in [3.63, 3.8) is 0 Å². The Balaban J connectivity index is 3.88. The molecule has 1 N–H and O–H groups in total. The molecule has 10 heteroatoms. The minimum Gasteiger partial charge on any atom is -0.462 e. The van der Waals surface area contributed by atoms with E-state index in [-0.39, 0.29) is 25.6 Å². The largest absolute Gasteiger partial charge is 0.472 e. The number of phosphoric acid groups is 1. The highest BCUT2D eigenvalue weighted by Gasteiger charge is 2.27. The summed E-state index contributed by atoms with van der Waals surface area (Å²) in [5, 5.41) is 0. The lowest BCUT2D eigenvalue weighted by molar-refractivity contribution is -0.870. The fraction of sp³-hybridized carbons (Fsp3) is 0.860. The Bertz CT molecular complexity index is 1800. The standard InChI is InChI=1S/C86H162NO8P/c1-6-8-10-12-14-16-18-20-22-24-26-28-30-32-34-36-38-40-42-43-45-47-49-51-53-55-57-59-61-63-65-67-69-71-73-75-77-79-86(89)95-84(83-94-96(90,91)93-81-80-87(3,4)5)82-92-85(88)78-76-74-72-70-68-66-64-62-60-58-56-54-52-50-48-46-44-41-39-37-35-33-31-29-27-25-23-21-19-17-15-13-11-9-7-2/h8,10,14,16,20,22,25-28,84H,6-7,9,11-13,15,17-19,21,23-24,29-83H2,1-5H3/p+1/b10-8-,16-14-,22-20-,27-25-,28-26-. The van der Waals surface area contributed by atoms with Gasteiger partial charge in [0.2, 0.25) is 0 Å². The molecule has 0 aliphatic rings. The fourth-order valence-corrected chi connectivity index (χ4v) is 13.4. The molecule has 96 heavy (non-hydrogen) atoms. The summed E-state index contributed by atoms with van der Waals surface area (Å²) in [6.45, 7) is 4.40. The van der Waals surface area contributed by atoms with Crippen LogP contribution in [0, 0.1) is 0 Å². The third-order valence-electron chi connectivity index (χ3n) is 19.0. The Morgan fingerprint density at radius 2 is 0.594 bits per heavy atom. The first-order valence-electron chi connectivity index (χ1n) is 42.0. The zero-order valence-corrected chi connectivity index (χ0v) is 65.5. The average molecular weight is 1370 g/mol. The zero-order valence-electron chi connectivity index (χ0n) is 64.6. The van der Waals surface area contributed by atoms with Gasteiger partial charge in [-0.15, -0.1) is 0 Å². The molecule has 0 radical (unpaired) electrons. The van der Waals surface area contributed by atoms with Crippen LogP contribution in [0.3, 0.4) is 0 Å². The monoisotopic (exact) mass is 1370 g/mol. The molecule has 0 aromatic rings. The van der Waals surface area contributed by atoms with E-state index < -0.39 is 26.5 Å². The molecule has 0 rings (SSSR count). The summed E-state index contributed by atoms with van der Waals surface area (Å²) >= 11 is 0. The molecular formula is C86H163NO8P+. The Kier molecular flexibility index (Phi) is 75.0. The molecule has 0 heterocycles. The second kappa shape index (κ2) is 76.9. The van der Waals surface area contributed by atoms with Crippen molar-refractivity contribution in [2.24, 2.45) is 0 Å². The van der Waals surface area contributed by atoms with Crippen molar-refractivity contribution in [3.8, 4) is 0 Å². The maximum Gasteiger partial charge on any atom is 0.472 e. The smallest absolute Gasteiger partial charge is 0.462 e. The van der Waals surface area contributed by atoms with Crippen molar-refractivity contribution in [2.75, 3.05) is 47.5 Å². The third kappa shape index (κ3) is 80.7. The van der Waals surface area contributed by atoms with Gasteiger partial charge in [0, 0.05) is 12.8 Å². The highest BCUT2D eigenvalue weighted by molar-refractivity contribution is 7.47. The molecule has 0 saturated carbocycles. The van der Waals surface area contributed by atoms with Gasteiger partial charge in [0.25, 0.3) is 0 Å². The molecule has 0 spiro atoms. The first-order valence-corrected chi connectivity index (χ1v) is 43.5. The number of quaternary nitrogens is 1.